The molecule has 0 aliphatic carbocycles. The van der Waals surface area contributed by atoms with E-state index in [0.29, 0.717) is 24.4 Å². The van der Waals surface area contributed by atoms with Gasteiger partial charge in [0, 0.05) is 26.1 Å². The zero-order chi connectivity index (χ0) is 17.0. The average molecular weight is 321 g/mol. The smallest absolute Gasteiger partial charge is 0.349 e. The van der Waals surface area contributed by atoms with Gasteiger partial charge >= 0.3 is 5.63 Å². The van der Waals surface area contributed by atoms with Gasteiger partial charge in [-0.3, -0.25) is 4.79 Å². The zero-order valence-electron chi connectivity index (χ0n) is 14.6. The first-order chi connectivity index (χ1) is 11.0. The molecule has 2 rings (SSSR count). The molecule has 1 fully saturated rings. The Morgan fingerprint density at radius 1 is 1.43 bits per heavy atom. The topological polar surface area (TPSA) is 59.8 Å². The molecule has 5 nitrogen and oxygen atoms in total. The van der Waals surface area contributed by atoms with Gasteiger partial charge in [0.25, 0.3) is 5.91 Å². The van der Waals surface area contributed by atoms with Crippen molar-refractivity contribution in [2.24, 2.45) is 0 Å². The van der Waals surface area contributed by atoms with Crippen LogP contribution in [-0.2, 0) is 4.74 Å². The van der Waals surface area contributed by atoms with Crippen molar-refractivity contribution in [3.8, 4) is 0 Å². The Morgan fingerprint density at radius 3 is 2.61 bits per heavy atom. The number of hydrogen-bond acceptors (Lipinski definition) is 4. The minimum Gasteiger partial charge on any atom is -0.427 e. The van der Waals surface area contributed by atoms with E-state index < -0.39 is 5.63 Å². The fourth-order valence-electron chi connectivity index (χ4n) is 3.16. The minimum atomic E-state index is -0.512. The molecular formula is C18H27NO4. The molecule has 0 N–H and O–H groups in total. The van der Waals surface area contributed by atoms with Gasteiger partial charge in [-0.1, -0.05) is 20.3 Å². The highest BCUT2D eigenvalue weighted by molar-refractivity contribution is 5.95. The second-order valence-electron chi connectivity index (χ2n) is 6.41. The maximum Gasteiger partial charge on any atom is 0.349 e. The van der Waals surface area contributed by atoms with Crippen LogP contribution in [0.4, 0.5) is 0 Å². The lowest BCUT2D eigenvalue weighted by molar-refractivity contribution is 0.0348. The van der Waals surface area contributed by atoms with Gasteiger partial charge in [-0.2, -0.15) is 0 Å². The number of carbonyl (C=O) groups excluding carboxylic acids is 1. The van der Waals surface area contributed by atoms with Crippen LogP contribution in [0.25, 0.3) is 0 Å². The number of hydrogen-bond donors (Lipinski definition) is 0. The van der Waals surface area contributed by atoms with Crippen LogP contribution in [0.1, 0.15) is 67.1 Å². The van der Waals surface area contributed by atoms with E-state index in [1.807, 2.05) is 19.9 Å². The predicted molar refractivity (Wildman–Crippen MR) is 89.0 cm³/mol. The maximum absolute atomic E-state index is 12.7. The fourth-order valence-corrected chi connectivity index (χ4v) is 3.16. The molecule has 1 saturated heterocycles. The molecule has 1 aromatic heterocycles. The Labute approximate surface area is 137 Å². The van der Waals surface area contributed by atoms with Gasteiger partial charge in [-0.25, -0.2) is 4.79 Å². The summed E-state index contributed by atoms with van der Waals surface area (Å²) in [5.74, 6) is 0.637. The van der Waals surface area contributed by atoms with E-state index in [4.69, 9.17) is 9.15 Å². The number of nitrogens with zero attached hydrogens (tertiary/aromatic N) is 1. The Morgan fingerprint density at radius 2 is 2.09 bits per heavy atom. The number of likely N-dealkylation sites (tertiary alicyclic amines) is 1. The van der Waals surface area contributed by atoms with Crippen molar-refractivity contribution < 1.29 is 13.9 Å². The predicted octanol–water partition coefficient (Wildman–Crippen LogP) is 3.10. The molecular weight excluding hydrogens is 294 g/mol. The number of ether oxygens (including phenoxy) is 1. The number of amides is 1. The molecule has 128 valence electrons. The van der Waals surface area contributed by atoms with E-state index in [2.05, 4.69) is 6.92 Å². The van der Waals surface area contributed by atoms with E-state index in [9.17, 15) is 9.59 Å². The van der Waals surface area contributed by atoms with E-state index in [-0.39, 0.29) is 23.5 Å². The Bertz CT molecular complexity index is 600. The zero-order valence-corrected chi connectivity index (χ0v) is 14.6. The molecule has 0 saturated carbocycles. The summed E-state index contributed by atoms with van der Waals surface area (Å²) in [4.78, 5) is 26.7. The van der Waals surface area contributed by atoms with Crippen LogP contribution in [0.2, 0.25) is 0 Å². The number of aryl methyl sites for hydroxylation is 1. The third-order valence-electron chi connectivity index (χ3n) is 4.65. The van der Waals surface area contributed by atoms with Crippen LogP contribution in [0.3, 0.4) is 0 Å². The standard InChI is InChI=1S/C18H27NO4/c1-5-6-12(2)15-11-13(3)16(18(21)23-15)17(20)19-9-7-14(22-4)8-10-19/h11-12,14H,5-10H2,1-4H3. The molecule has 1 amide bonds. The van der Waals surface area contributed by atoms with Crippen molar-refractivity contribution in [1.29, 1.82) is 0 Å². The lowest BCUT2D eigenvalue weighted by Gasteiger charge is -2.31. The molecule has 23 heavy (non-hydrogen) atoms. The van der Waals surface area contributed by atoms with Gasteiger partial charge in [0.1, 0.15) is 11.3 Å². The minimum absolute atomic E-state index is 0.174. The van der Waals surface area contributed by atoms with Crippen molar-refractivity contribution in [1.82, 2.24) is 4.90 Å². The normalized spacial score (nSPS) is 17.3. The molecule has 1 atom stereocenters. The Kier molecular flexibility index (Phi) is 5.99. The van der Waals surface area contributed by atoms with Crippen LogP contribution >= 0.6 is 0 Å². The molecule has 0 radical (unpaired) electrons. The monoisotopic (exact) mass is 321 g/mol. The van der Waals surface area contributed by atoms with Gasteiger partial charge in [-0.15, -0.1) is 0 Å². The maximum atomic E-state index is 12.7. The van der Waals surface area contributed by atoms with Crippen LogP contribution in [0.5, 0.6) is 0 Å². The first kappa shape index (κ1) is 17.7. The molecule has 1 aromatic rings. The van der Waals surface area contributed by atoms with Gasteiger partial charge in [0.15, 0.2) is 0 Å². The Hall–Kier alpha value is -1.62. The summed E-state index contributed by atoms with van der Waals surface area (Å²) in [5, 5.41) is 0. The van der Waals surface area contributed by atoms with Gasteiger partial charge in [0.2, 0.25) is 0 Å². The highest BCUT2D eigenvalue weighted by atomic mass is 16.5. The van der Waals surface area contributed by atoms with Gasteiger partial charge < -0.3 is 14.1 Å². The van der Waals surface area contributed by atoms with E-state index in [1.54, 1.807) is 12.0 Å². The lowest BCUT2D eigenvalue weighted by Crippen LogP contribution is -2.42. The summed E-state index contributed by atoms with van der Waals surface area (Å²) >= 11 is 0. The number of carbonyl (C=O) groups is 1. The van der Waals surface area contributed by atoms with Gasteiger partial charge in [0.05, 0.1) is 6.10 Å². The summed E-state index contributed by atoms with van der Waals surface area (Å²) in [6.45, 7) is 7.18. The van der Waals surface area contributed by atoms with E-state index in [0.717, 1.165) is 25.7 Å². The third-order valence-corrected chi connectivity index (χ3v) is 4.65. The van der Waals surface area contributed by atoms with Crippen molar-refractivity contribution in [3.05, 3.63) is 33.4 Å². The summed E-state index contributed by atoms with van der Waals surface area (Å²) in [7, 11) is 1.69. The van der Waals surface area contributed by atoms with Crippen molar-refractivity contribution in [3.63, 3.8) is 0 Å². The molecule has 2 heterocycles. The summed E-state index contributed by atoms with van der Waals surface area (Å²) in [5.41, 5.74) is 0.369. The molecule has 0 bridgehead atoms. The lowest BCUT2D eigenvalue weighted by atomic mass is 10.00. The first-order valence-corrected chi connectivity index (χ1v) is 8.44. The average Bonchev–Trinajstić information content (AvgIpc) is 2.54. The van der Waals surface area contributed by atoms with Crippen molar-refractivity contribution >= 4 is 5.91 Å². The molecule has 1 unspecified atom stereocenters. The highest BCUT2D eigenvalue weighted by Crippen LogP contribution is 2.22. The second kappa shape index (κ2) is 7.77. The van der Waals surface area contributed by atoms with Crippen LogP contribution < -0.4 is 5.63 Å². The third kappa shape index (κ3) is 4.02. The summed E-state index contributed by atoms with van der Waals surface area (Å²) in [6.07, 6.45) is 3.80. The van der Waals surface area contributed by atoms with Crippen LogP contribution in [0, 0.1) is 6.92 Å². The first-order valence-electron chi connectivity index (χ1n) is 8.44. The largest absolute Gasteiger partial charge is 0.427 e. The molecule has 0 spiro atoms. The molecule has 1 aliphatic heterocycles. The number of rotatable bonds is 5. The number of piperidine rings is 1. The molecule has 1 aliphatic rings. The quantitative estimate of drug-likeness (QED) is 0.836. The molecule has 0 aromatic carbocycles. The second-order valence-corrected chi connectivity index (χ2v) is 6.41. The van der Waals surface area contributed by atoms with Crippen LogP contribution in [0.15, 0.2) is 15.3 Å². The summed E-state index contributed by atoms with van der Waals surface area (Å²) < 4.78 is 10.7. The SMILES string of the molecule is CCCC(C)c1cc(C)c(C(=O)N2CCC(OC)CC2)c(=O)o1. The van der Waals surface area contributed by atoms with Crippen molar-refractivity contribution in [2.45, 2.75) is 58.5 Å². The van der Waals surface area contributed by atoms with Crippen molar-refractivity contribution in [2.75, 3.05) is 20.2 Å². The van der Waals surface area contributed by atoms with E-state index >= 15 is 0 Å². The highest BCUT2D eigenvalue weighted by Gasteiger charge is 2.27. The Balaban J connectivity index is 2.20. The summed E-state index contributed by atoms with van der Waals surface area (Å²) in [6, 6.07) is 1.84. The number of methoxy groups -OCH3 is 1. The van der Waals surface area contributed by atoms with Crippen LogP contribution in [-0.4, -0.2) is 37.1 Å². The van der Waals surface area contributed by atoms with E-state index in [1.165, 1.54) is 0 Å². The molecule has 5 heteroatoms. The van der Waals surface area contributed by atoms with Gasteiger partial charge in [-0.05, 0) is 37.8 Å². The fraction of sp³-hybridized carbons (Fsp3) is 0.667.